The molecule has 106 valence electrons. The Labute approximate surface area is 122 Å². The lowest BCUT2D eigenvalue weighted by molar-refractivity contribution is 0.346. The van der Waals surface area contributed by atoms with Crippen molar-refractivity contribution in [3.8, 4) is 6.01 Å². The van der Waals surface area contributed by atoms with E-state index < -0.39 is 0 Å². The summed E-state index contributed by atoms with van der Waals surface area (Å²) in [6.45, 7) is 2.75. The van der Waals surface area contributed by atoms with Gasteiger partial charge < -0.3 is 10.1 Å². The number of aromatic nitrogens is 2. The molecule has 0 bridgehead atoms. The molecule has 0 saturated carbocycles. The second kappa shape index (κ2) is 6.43. The first-order valence-electron chi connectivity index (χ1n) is 6.22. The van der Waals surface area contributed by atoms with Gasteiger partial charge in [0.25, 0.3) is 11.6 Å². The lowest BCUT2D eigenvalue weighted by Gasteiger charge is -2.12. The molecule has 0 aliphatic heterocycles. The number of aryl methyl sites for hydroxylation is 1. The highest BCUT2D eigenvalue weighted by atomic mass is 35.5. The monoisotopic (exact) mass is 293 g/mol. The number of nitrogens with zero attached hydrogens (tertiary/aromatic N) is 2. The standard InChI is InChI=1S/C14H16ClN3O2/c1-10-9-13(19)18(14(17-10)20-2)8-7-16-12-6-4-3-5-11(12)15/h3-6,9,16H,7-8H2,1-2H3. The molecule has 0 fully saturated rings. The molecule has 0 radical (unpaired) electrons. The van der Waals surface area contributed by atoms with Gasteiger partial charge in [0.1, 0.15) is 0 Å². The summed E-state index contributed by atoms with van der Waals surface area (Å²) in [4.78, 5) is 16.1. The van der Waals surface area contributed by atoms with Crippen molar-refractivity contribution in [2.24, 2.45) is 0 Å². The van der Waals surface area contributed by atoms with Gasteiger partial charge in [-0.15, -0.1) is 0 Å². The van der Waals surface area contributed by atoms with E-state index in [0.29, 0.717) is 29.8 Å². The van der Waals surface area contributed by atoms with Crippen molar-refractivity contribution >= 4 is 17.3 Å². The first-order valence-corrected chi connectivity index (χ1v) is 6.60. The van der Waals surface area contributed by atoms with E-state index in [1.54, 1.807) is 6.92 Å². The molecule has 1 aromatic heterocycles. The van der Waals surface area contributed by atoms with Gasteiger partial charge in [-0.05, 0) is 19.1 Å². The minimum absolute atomic E-state index is 0.129. The van der Waals surface area contributed by atoms with Crippen LogP contribution in [-0.2, 0) is 6.54 Å². The van der Waals surface area contributed by atoms with E-state index in [1.165, 1.54) is 17.7 Å². The van der Waals surface area contributed by atoms with Crippen LogP contribution in [0.25, 0.3) is 0 Å². The number of methoxy groups -OCH3 is 1. The summed E-state index contributed by atoms with van der Waals surface area (Å²) >= 11 is 6.05. The van der Waals surface area contributed by atoms with E-state index in [-0.39, 0.29) is 5.56 Å². The fourth-order valence-electron chi connectivity index (χ4n) is 1.86. The van der Waals surface area contributed by atoms with E-state index in [1.807, 2.05) is 24.3 Å². The van der Waals surface area contributed by atoms with Crippen molar-refractivity contribution < 1.29 is 4.74 Å². The highest BCUT2D eigenvalue weighted by molar-refractivity contribution is 6.33. The normalized spacial score (nSPS) is 10.3. The number of para-hydroxylation sites is 1. The maximum atomic E-state index is 11.9. The Morgan fingerprint density at radius 1 is 1.40 bits per heavy atom. The van der Waals surface area contributed by atoms with Crippen molar-refractivity contribution in [3.63, 3.8) is 0 Å². The molecule has 0 spiro atoms. The number of anilines is 1. The Morgan fingerprint density at radius 2 is 2.15 bits per heavy atom. The zero-order valence-corrected chi connectivity index (χ0v) is 12.1. The molecule has 0 aliphatic carbocycles. The third kappa shape index (κ3) is 3.30. The van der Waals surface area contributed by atoms with Crippen LogP contribution in [0.2, 0.25) is 5.02 Å². The molecule has 1 heterocycles. The van der Waals surface area contributed by atoms with Crippen molar-refractivity contribution in [2.45, 2.75) is 13.5 Å². The highest BCUT2D eigenvalue weighted by Crippen LogP contribution is 2.20. The van der Waals surface area contributed by atoms with E-state index in [4.69, 9.17) is 16.3 Å². The molecule has 0 unspecified atom stereocenters. The molecule has 1 aromatic carbocycles. The molecule has 20 heavy (non-hydrogen) atoms. The Bertz CT molecular complexity index is 655. The van der Waals surface area contributed by atoms with Crippen molar-refractivity contribution in [1.82, 2.24) is 9.55 Å². The SMILES string of the molecule is COc1nc(C)cc(=O)n1CCNc1ccccc1Cl. The molecular weight excluding hydrogens is 278 g/mol. The zero-order chi connectivity index (χ0) is 14.5. The van der Waals surface area contributed by atoms with Gasteiger partial charge in [0, 0.05) is 24.8 Å². The van der Waals surface area contributed by atoms with Crippen LogP contribution in [0.4, 0.5) is 5.69 Å². The number of hydrogen-bond acceptors (Lipinski definition) is 4. The molecule has 2 aromatic rings. The lowest BCUT2D eigenvalue weighted by atomic mass is 10.3. The summed E-state index contributed by atoms with van der Waals surface area (Å²) in [6.07, 6.45) is 0. The number of rotatable bonds is 5. The molecule has 6 heteroatoms. The molecule has 0 aliphatic rings. The molecule has 1 N–H and O–H groups in total. The lowest BCUT2D eigenvalue weighted by Crippen LogP contribution is -2.26. The van der Waals surface area contributed by atoms with Gasteiger partial charge >= 0.3 is 0 Å². The molecule has 0 saturated heterocycles. The van der Waals surface area contributed by atoms with E-state index in [9.17, 15) is 4.79 Å². The summed E-state index contributed by atoms with van der Waals surface area (Å²) in [7, 11) is 1.50. The molecule has 0 atom stereocenters. The van der Waals surface area contributed by atoms with Crippen LogP contribution in [-0.4, -0.2) is 23.2 Å². The Hall–Kier alpha value is -2.01. The quantitative estimate of drug-likeness (QED) is 0.919. The highest BCUT2D eigenvalue weighted by Gasteiger charge is 2.07. The molecular formula is C14H16ClN3O2. The first kappa shape index (κ1) is 14.4. The van der Waals surface area contributed by atoms with Crippen LogP contribution < -0.4 is 15.6 Å². The zero-order valence-electron chi connectivity index (χ0n) is 11.4. The minimum Gasteiger partial charge on any atom is -0.468 e. The predicted octanol–water partition coefficient (Wildman–Crippen LogP) is 2.33. The molecule has 5 nitrogen and oxygen atoms in total. The summed E-state index contributed by atoms with van der Waals surface area (Å²) in [6, 6.07) is 9.26. The van der Waals surface area contributed by atoms with Crippen LogP contribution in [0.5, 0.6) is 6.01 Å². The number of nitrogens with one attached hydrogen (secondary N) is 1. The van der Waals surface area contributed by atoms with Gasteiger partial charge in [-0.3, -0.25) is 9.36 Å². The topological polar surface area (TPSA) is 56.1 Å². The average molecular weight is 294 g/mol. The number of halogens is 1. The summed E-state index contributed by atoms with van der Waals surface area (Å²) in [5.74, 6) is 0. The average Bonchev–Trinajstić information content (AvgIpc) is 2.42. The second-order valence-corrected chi connectivity index (χ2v) is 4.69. The van der Waals surface area contributed by atoms with Crippen LogP contribution in [0, 0.1) is 6.92 Å². The Morgan fingerprint density at radius 3 is 2.85 bits per heavy atom. The molecule has 2 rings (SSSR count). The van der Waals surface area contributed by atoms with Crippen LogP contribution in [0.15, 0.2) is 35.1 Å². The first-order chi connectivity index (χ1) is 9.61. The van der Waals surface area contributed by atoms with Gasteiger partial charge in [0.05, 0.1) is 17.8 Å². The van der Waals surface area contributed by atoms with Gasteiger partial charge in [-0.2, -0.15) is 0 Å². The number of hydrogen-bond donors (Lipinski definition) is 1. The van der Waals surface area contributed by atoms with Gasteiger partial charge in [0.15, 0.2) is 0 Å². The third-order valence-corrected chi connectivity index (χ3v) is 3.14. The van der Waals surface area contributed by atoms with Crippen LogP contribution in [0.1, 0.15) is 5.69 Å². The number of benzene rings is 1. The van der Waals surface area contributed by atoms with Crippen molar-refractivity contribution in [3.05, 3.63) is 51.4 Å². The largest absolute Gasteiger partial charge is 0.468 e. The number of ether oxygens (including phenoxy) is 1. The van der Waals surface area contributed by atoms with Crippen LogP contribution >= 0.6 is 11.6 Å². The van der Waals surface area contributed by atoms with Gasteiger partial charge in [-0.25, -0.2) is 4.98 Å². The van der Waals surface area contributed by atoms with E-state index in [0.717, 1.165) is 5.69 Å². The third-order valence-electron chi connectivity index (χ3n) is 2.81. The van der Waals surface area contributed by atoms with Crippen molar-refractivity contribution in [2.75, 3.05) is 19.0 Å². The second-order valence-electron chi connectivity index (χ2n) is 4.28. The van der Waals surface area contributed by atoms with Crippen molar-refractivity contribution in [1.29, 1.82) is 0 Å². The predicted molar refractivity (Wildman–Crippen MR) is 79.7 cm³/mol. The fraction of sp³-hybridized carbons (Fsp3) is 0.286. The van der Waals surface area contributed by atoms with E-state index >= 15 is 0 Å². The Balaban J connectivity index is 2.08. The maximum Gasteiger partial charge on any atom is 0.299 e. The summed E-state index contributed by atoms with van der Waals surface area (Å²) < 4.78 is 6.61. The summed E-state index contributed by atoms with van der Waals surface area (Å²) in [5.41, 5.74) is 1.35. The minimum atomic E-state index is -0.129. The van der Waals surface area contributed by atoms with Gasteiger partial charge in [0.2, 0.25) is 0 Å². The Kier molecular flexibility index (Phi) is 4.63. The summed E-state index contributed by atoms with van der Waals surface area (Å²) in [5, 5.41) is 3.83. The van der Waals surface area contributed by atoms with E-state index in [2.05, 4.69) is 10.3 Å². The smallest absolute Gasteiger partial charge is 0.299 e. The molecule has 0 amide bonds. The van der Waals surface area contributed by atoms with Crippen LogP contribution in [0.3, 0.4) is 0 Å². The fourth-order valence-corrected chi connectivity index (χ4v) is 2.07. The maximum absolute atomic E-state index is 11.9. The van der Waals surface area contributed by atoms with Gasteiger partial charge in [-0.1, -0.05) is 23.7 Å².